The van der Waals surface area contributed by atoms with E-state index in [0.717, 1.165) is 0 Å². The van der Waals surface area contributed by atoms with Crippen molar-refractivity contribution in [1.82, 2.24) is 5.43 Å². The Hall–Kier alpha value is -3.55. The number of hydrogen-bond acceptors (Lipinski definition) is 6. The molecule has 0 aliphatic heterocycles. The Morgan fingerprint density at radius 2 is 1.86 bits per heavy atom. The molecule has 2 aromatic carbocycles. The van der Waals surface area contributed by atoms with Crippen molar-refractivity contribution in [3.05, 3.63) is 53.6 Å². The summed E-state index contributed by atoms with van der Waals surface area (Å²) < 4.78 is 15.9. The van der Waals surface area contributed by atoms with E-state index in [2.05, 4.69) is 10.5 Å². The first-order valence-corrected chi connectivity index (χ1v) is 8.51. The van der Waals surface area contributed by atoms with Gasteiger partial charge >= 0.3 is 5.97 Å². The molecule has 8 heteroatoms. The van der Waals surface area contributed by atoms with Crippen molar-refractivity contribution < 1.29 is 28.9 Å². The number of aliphatic carboxylic acids is 1. The number of methoxy groups -OCH3 is 1. The van der Waals surface area contributed by atoms with Crippen LogP contribution in [-0.4, -0.2) is 43.0 Å². The average Bonchev–Trinajstić information content (AvgIpc) is 2.67. The molecule has 148 valence electrons. The molecule has 0 spiro atoms. The number of rotatable bonds is 9. The average molecular weight is 386 g/mol. The monoisotopic (exact) mass is 386 g/mol. The van der Waals surface area contributed by atoms with E-state index in [1.807, 2.05) is 13.8 Å². The number of carbonyl (C=O) groups excluding carboxylic acids is 1. The molecule has 0 heterocycles. The molecular weight excluding hydrogens is 364 g/mol. The second kappa shape index (κ2) is 9.96. The number of carboxylic acids is 1. The number of hydrazone groups is 1. The third-order valence-corrected chi connectivity index (χ3v) is 3.41. The van der Waals surface area contributed by atoms with Crippen LogP contribution in [-0.2, 0) is 4.79 Å². The highest BCUT2D eigenvalue weighted by Gasteiger charge is 2.11. The lowest BCUT2D eigenvalue weighted by Crippen LogP contribution is -2.18. The molecule has 0 unspecified atom stereocenters. The van der Waals surface area contributed by atoms with Gasteiger partial charge in [-0.05, 0) is 61.9 Å². The predicted octanol–water partition coefficient (Wildman–Crippen LogP) is 2.71. The van der Waals surface area contributed by atoms with E-state index in [1.165, 1.54) is 13.3 Å². The fourth-order valence-corrected chi connectivity index (χ4v) is 2.19. The SMILES string of the molecule is COc1cc(C(=O)N/N=C\c2ccc(OCC(=O)O)cc2)ccc1OC(C)C. The van der Waals surface area contributed by atoms with Gasteiger partial charge in [-0.15, -0.1) is 0 Å². The zero-order chi connectivity index (χ0) is 20.5. The molecule has 0 atom stereocenters. The van der Waals surface area contributed by atoms with Crippen molar-refractivity contribution >= 4 is 18.1 Å². The summed E-state index contributed by atoms with van der Waals surface area (Å²) >= 11 is 0. The van der Waals surface area contributed by atoms with E-state index in [4.69, 9.17) is 19.3 Å². The van der Waals surface area contributed by atoms with Gasteiger partial charge in [-0.3, -0.25) is 4.79 Å². The van der Waals surface area contributed by atoms with Gasteiger partial charge in [-0.25, -0.2) is 10.2 Å². The van der Waals surface area contributed by atoms with Crippen LogP contribution >= 0.6 is 0 Å². The summed E-state index contributed by atoms with van der Waals surface area (Å²) in [5.41, 5.74) is 3.53. The molecule has 0 fully saturated rings. The van der Waals surface area contributed by atoms with Gasteiger partial charge in [0.2, 0.25) is 0 Å². The molecule has 0 bridgehead atoms. The van der Waals surface area contributed by atoms with Crippen LogP contribution in [0.3, 0.4) is 0 Å². The highest BCUT2D eigenvalue weighted by molar-refractivity contribution is 5.95. The van der Waals surface area contributed by atoms with Crippen LogP contribution in [0.15, 0.2) is 47.6 Å². The number of nitrogens with zero attached hydrogens (tertiary/aromatic N) is 1. The number of nitrogens with one attached hydrogen (secondary N) is 1. The van der Waals surface area contributed by atoms with Gasteiger partial charge in [-0.1, -0.05) is 0 Å². The minimum absolute atomic E-state index is 0.0147. The molecule has 0 aromatic heterocycles. The first-order chi connectivity index (χ1) is 13.4. The third-order valence-electron chi connectivity index (χ3n) is 3.41. The maximum absolute atomic E-state index is 12.2. The quantitative estimate of drug-likeness (QED) is 0.507. The van der Waals surface area contributed by atoms with Crippen LogP contribution in [0.2, 0.25) is 0 Å². The van der Waals surface area contributed by atoms with E-state index in [0.29, 0.717) is 28.4 Å². The van der Waals surface area contributed by atoms with Crippen molar-refractivity contribution in [2.75, 3.05) is 13.7 Å². The third kappa shape index (κ3) is 6.31. The lowest BCUT2D eigenvalue weighted by molar-refractivity contribution is -0.139. The Morgan fingerprint density at radius 1 is 1.14 bits per heavy atom. The molecule has 0 saturated heterocycles. The molecule has 0 saturated carbocycles. The van der Waals surface area contributed by atoms with Gasteiger partial charge in [0.15, 0.2) is 18.1 Å². The zero-order valence-electron chi connectivity index (χ0n) is 15.8. The van der Waals surface area contributed by atoms with E-state index in [1.54, 1.807) is 42.5 Å². The van der Waals surface area contributed by atoms with Crippen molar-refractivity contribution in [3.63, 3.8) is 0 Å². The second-order valence-corrected chi connectivity index (χ2v) is 5.98. The van der Waals surface area contributed by atoms with E-state index in [9.17, 15) is 9.59 Å². The molecule has 2 aromatic rings. The number of amides is 1. The normalized spacial score (nSPS) is 10.7. The number of ether oxygens (including phenoxy) is 3. The van der Waals surface area contributed by atoms with Crippen LogP contribution in [0.4, 0.5) is 0 Å². The van der Waals surface area contributed by atoms with E-state index in [-0.39, 0.29) is 6.10 Å². The molecule has 0 aliphatic carbocycles. The number of carbonyl (C=O) groups is 2. The number of carboxylic acid groups (broad SMARTS) is 1. The molecular formula is C20H22N2O6. The highest BCUT2D eigenvalue weighted by Crippen LogP contribution is 2.28. The van der Waals surface area contributed by atoms with Crippen molar-refractivity contribution in [1.29, 1.82) is 0 Å². The lowest BCUT2D eigenvalue weighted by atomic mass is 10.2. The van der Waals surface area contributed by atoms with Crippen molar-refractivity contribution in [3.8, 4) is 17.2 Å². The standard InChI is InChI=1S/C20H22N2O6/c1-13(2)28-17-9-6-15(10-18(17)26-3)20(25)22-21-11-14-4-7-16(8-5-14)27-12-19(23)24/h4-11,13H,12H2,1-3H3,(H,22,25)(H,23,24)/b21-11-. The summed E-state index contributed by atoms with van der Waals surface area (Å²) in [4.78, 5) is 22.7. The van der Waals surface area contributed by atoms with Crippen molar-refractivity contribution in [2.24, 2.45) is 5.10 Å². The van der Waals surface area contributed by atoms with E-state index >= 15 is 0 Å². The highest BCUT2D eigenvalue weighted by atomic mass is 16.5. The van der Waals surface area contributed by atoms with Gasteiger partial charge < -0.3 is 19.3 Å². The van der Waals surface area contributed by atoms with Crippen LogP contribution in [0.5, 0.6) is 17.2 Å². The van der Waals surface area contributed by atoms with E-state index < -0.39 is 18.5 Å². The van der Waals surface area contributed by atoms with Crippen molar-refractivity contribution in [2.45, 2.75) is 20.0 Å². The van der Waals surface area contributed by atoms with Gasteiger partial charge in [0, 0.05) is 5.56 Å². The Labute approximate surface area is 162 Å². The molecule has 0 aliphatic rings. The minimum Gasteiger partial charge on any atom is -0.493 e. The lowest BCUT2D eigenvalue weighted by Gasteiger charge is -2.14. The van der Waals surface area contributed by atoms with Crippen LogP contribution in [0, 0.1) is 0 Å². The molecule has 28 heavy (non-hydrogen) atoms. The predicted molar refractivity (Wildman–Crippen MR) is 103 cm³/mol. The van der Waals surface area contributed by atoms with Gasteiger partial charge in [-0.2, -0.15) is 5.10 Å². The van der Waals surface area contributed by atoms with Crippen LogP contribution in [0.25, 0.3) is 0 Å². The topological polar surface area (TPSA) is 106 Å². The zero-order valence-corrected chi connectivity index (χ0v) is 15.8. The Balaban J connectivity index is 1.96. The summed E-state index contributed by atoms with van der Waals surface area (Å²) in [7, 11) is 1.51. The first kappa shape index (κ1) is 20.8. The summed E-state index contributed by atoms with van der Waals surface area (Å²) in [6.07, 6.45) is 1.45. The first-order valence-electron chi connectivity index (χ1n) is 8.51. The molecule has 2 rings (SSSR count). The smallest absolute Gasteiger partial charge is 0.341 e. The summed E-state index contributed by atoms with van der Waals surface area (Å²) in [5, 5.41) is 12.5. The Morgan fingerprint density at radius 3 is 2.46 bits per heavy atom. The minimum atomic E-state index is -1.05. The Bertz CT molecular complexity index is 846. The van der Waals surface area contributed by atoms with Gasteiger partial charge in [0.1, 0.15) is 5.75 Å². The largest absolute Gasteiger partial charge is 0.493 e. The Kier molecular flexibility index (Phi) is 7.38. The number of hydrogen-bond donors (Lipinski definition) is 2. The van der Waals surface area contributed by atoms with Gasteiger partial charge in [0.05, 0.1) is 19.4 Å². The fourth-order valence-electron chi connectivity index (χ4n) is 2.19. The molecule has 1 amide bonds. The van der Waals surface area contributed by atoms with Crippen LogP contribution in [0.1, 0.15) is 29.8 Å². The summed E-state index contributed by atoms with van der Waals surface area (Å²) in [5.74, 6) is 0.00488. The molecule has 2 N–H and O–H groups in total. The molecule has 8 nitrogen and oxygen atoms in total. The van der Waals surface area contributed by atoms with Gasteiger partial charge in [0.25, 0.3) is 5.91 Å². The maximum Gasteiger partial charge on any atom is 0.341 e. The summed E-state index contributed by atoms with van der Waals surface area (Å²) in [6.45, 7) is 3.40. The van der Waals surface area contributed by atoms with Crippen LogP contribution < -0.4 is 19.6 Å². The molecule has 0 radical (unpaired) electrons. The maximum atomic E-state index is 12.2. The summed E-state index contributed by atoms with van der Waals surface area (Å²) in [6, 6.07) is 11.5. The fraction of sp³-hybridized carbons (Fsp3) is 0.250. The second-order valence-electron chi connectivity index (χ2n) is 5.98. The number of benzene rings is 2.